The first kappa shape index (κ1) is 25.1. The first-order chi connectivity index (χ1) is 17.5. The molecule has 0 saturated carbocycles. The van der Waals surface area contributed by atoms with Gasteiger partial charge in [0, 0.05) is 19.2 Å². The van der Waals surface area contributed by atoms with Crippen LogP contribution in [0.1, 0.15) is 41.6 Å². The standard InChI is InChI=1S/C29H31N3O4/c1-5-36-26-13-9-8-12-25(26)32-27(30-24-11-7-6-10-23(24)29(32)34)21(3)31(18-19-35-4)28(33)22-16-14-20(2)15-17-22/h6-17,21H,5,18-19H2,1-4H3. The van der Waals surface area contributed by atoms with Crippen molar-refractivity contribution in [3.63, 3.8) is 0 Å². The molecule has 1 heterocycles. The second-order valence-electron chi connectivity index (χ2n) is 8.56. The van der Waals surface area contributed by atoms with Crippen molar-refractivity contribution in [1.29, 1.82) is 0 Å². The number of ether oxygens (including phenoxy) is 2. The molecule has 0 N–H and O–H groups in total. The van der Waals surface area contributed by atoms with E-state index in [4.69, 9.17) is 14.5 Å². The van der Waals surface area contributed by atoms with Crippen molar-refractivity contribution < 1.29 is 14.3 Å². The van der Waals surface area contributed by atoms with Crippen LogP contribution in [-0.4, -0.2) is 47.2 Å². The summed E-state index contributed by atoms with van der Waals surface area (Å²) in [5.41, 5.74) is 2.57. The van der Waals surface area contributed by atoms with Gasteiger partial charge < -0.3 is 14.4 Å². The van der Waals surface area contributed by atoms with Crippen molar-refractivity contribution in [1.82, 2.24) is 14.5 Å². The highest BCUT2D eigenvalue weighted by Crippen LogP contribution is 2.28. The van der Waals surface area contributed by atoms with Crippen LogP contribution in [-0.2, 0) is 4.74 Å². The van der Waals surface area contributed by atoms with Crippen LogP contribution in [0.4, 0.5) is 0 Å². The maximum Gasteiger partial charge on any atom is 0.266 e. The summed E-state index contributed by atoms with van der Waals surface area (Å²) in [5.74, 6) is 0.856. The fourth-order valence-corrected chi connectivity index (χ4v) is 4.24. The van der Waals surface area contributed by atoms with E-state index in [1.807, 2.05) is 87.5 Å². The molecule has 1 atom stereocenters. The van der Waals surface area contributed by atoms with Crippen LogP contribution in [0, 0.1) is 6.92 Å². The van der Waals surface area contributed by atoms with Gasteiger partial charge in [0.25, 0.3) is 11.5 Å². The van der Waals surface area contributed by atoms with Crippen LogP contribution < -0.4 is 10.3 Å². The molecule has 0 bridgehead atoms. The molecule has 1 unspecified atom stereocenters. The van der Waals surface area contributed by atoms with Crippen LogP contribution in [0.3, 0.4) is 0 Å². The Bertz CT molecular complexity index is 1410. The lowest BCUT2D eigenvalue weighted by molar-refractivity contribution is 0.0605. The summed E-state index contributed by atoms with van der Waals surface area (Å²) in [6.07, 6.45) is 0. The molecule has 0 spiro atoms. The molecule has 0 radical (unpaired) electrons. The molecule has 0 saturated heterocycles. The molecule has 7 nitrogen and oxygen atoms in total. The van der Waals surface area contributed by atoms with Crippen LogP contribution >= 0.6 is 0 Å². The Balaban J connectivity index is 1.92. The molecule has 3 aromatic carbocycles. The Labute approximate surface area is 210 Å². The first-order valence-electron chi connectivity index (χ1n) is 12.1. The fourth-order valence-electron chi connectivity index (χ4n) is 4.24. The minimum atomic E-state index is -0.541. The Morgan fingerprint density at radius 2 is 1.72 bits per heavy atom. The lowest BCUT2D eigenvalue weighted by Crippen LogP contribution is -2.39. The van der Waals surface area contributed by atoms with E-state index in [-0.39, 0.29) is 11.5 Å². The Kier molecular flexibility index (Phi) is 7.80. The SMILES string of the molecule is CCOc1ccccc1-n1c(C(C)N(CCOC)C(=O)c2ccc(C)cc2)nc2ccccc2c1=O. The summed E-state index contributed by atoms with van der Waals surface area (Å²) in [6, 6.07) is 21.5. The summed E-state index contributed by atoms with van der Waals surface area (Å²) in [4.78, 5) is 34.1. The number of fused-ring (bicyclic) bond motifs is 1. The minimum absolute atomic E-state index is 0.161. The van der Waals surface area contributed by atoms with Crippen LogP contribution in [0.25, 0.3) is 16.6 Å². The minimum Gasteiger partial charge on any atom is -0.492 e. The van der Waals surface area contributed by atoms with E-state index in [0.717, 1.165) is 5.56 Å². The van der Waals surface area contributed by atoms with Gasteiger partial charge in [-0.15, -0.1) is 0 Å². The number of nitrogens with zero attached hydrogens (tertiary/aromatic N) is 3. The second kappa shape index (κ2) is 11.2. The Morgan fingerprint density at radius 3 is 2.44 bits per heavy atom. The quantitative estimate of drug-likeness (QED) is 0.336. The van der Waals surface area contributed by atoms with E-state index in [2.05, 4.69) is 0 Å². The summed E-state index contributed by atoms with van der Waals surface area (Å²) >= 11 is 0. The van der Waals surface area contributed by atoms with Gasteiger partial charge in [-0.2, -0.15) is 0 Å². The van der Waals surface area contributed by atoms with E-state index < -0.39 is 6.04 Å². The number of methoxy groups -OCH3 is 1. The van der Waals surface area contributed by atoms with Crippen LogP contribution in [0.5, 0.6) is 5.75 Å². The van der Waals surface area contributed by atoms with Gasteiger partial charge in [0.15, 0.2) is 0 Å². The van der Waals surface area contributed by atoms with Crippen molar-refractivity contribution in [2.24, 2.45) is 0 Å². The van der Waals surface area contributed by atoms with Crippen molar-refractivity contribution in [3.8, 4) is 11.4 Å². The number of aryl methyl sites for hydroxylation is 1. The highest BCUT2D eigenvalue weighted by Gasteiger charge is 2.28. The van der Waals surface area contributed by atoms with Gasteiger partial charge in [0.2, 0.25) is 0 Å². The molecular weight excluding hydrogens is 454 g/mol. The van der Waals surface area contributed by atoms with Crippen molar-refractivity contribution in [2.75, 3.05) is 26.9 Å². The molecule has 186 valence electrons. The van der Waals surface area contributed by atoms with E-state index >= 15 is 0 Å². The third kappa shape index (κ3) is 5.02. The molecular formula is C29H31N3O4. The van der Waals surface area contributed by atoms with Gasteiger partial charge in [-0.1, -0.05) is 42.0 Å². The van der Waals surface area contributed by atoms with Crippen molar-refractivity contribution >= 4 is 16.8 Å². The topological polar surface area (TPSA) is 73.7 Å². The van der Waals surface area contributed by atoms with Gasteiger partial charge >= 0.3 is 0 Å². The molecule has 1 amide bonds. The van der Waals surface area contributed by atoms with Crippen LogP contribution in [0.2, 0.25) is 0 Å². The van der Waals surface area contributed by atoms with E-state index in [1.54, 1.807) is 22.6 Å². The Morgan fingerprint density at radius 1 is 1.03 bits per heavy atom. The highest BCUT2D eigenvalue weighted by atomic mass is 16.5. The summed E-state index contributed by atoms with van der Waals surface area (Å²) in [5, 5.41) is 0.494. The number of benzene rings is 3. The number of aromatic nitrogens is 2. The molecule has 0 aliphatic carbocycles. The van der Waals surface area contributed by atoms with Gasteiger partial charge in [-0.3, -0.25) is 14.2 Å². The zero-order valence-electron chi connectivity index (χ0n) is 21.1. The number of carbonyl (C=O) groups is 1. The van der Waals surface area contributed by atoms with Gasteiger partial charge in [0.05, 0.1) is 35.8 Å². The number of carbonyl (C=O) groups excluding carboxylic acids is 1. The molecule has 4 aromatic rings. The smallest absolute Gasteiger partial charge is 0.266 e. The average molecular weight is 486 g/mol. The fraction of sp³-hybridized carbons (Fsp3) is 0.276. The number of para-hydroxylation sites is 3. The van der Waals surface area contributed by atoms with Crippen molar-refractivity contribution in [3.05, 3.63) is 100 Å². The molecule has 1 aromatic heterocycles. The van der Waals surface area contributed by atoms with Gasteiger partial charge in [-0.25, -0.2) is 4.98 Å². The largest absolute Gasteiger partial charge is 0.492 e. The lowest BCUT2D eigenvalue weighted by Gasteiger charge is -2.31. The van der Waals surface area contributed by atoms with E-state index in [9.17, 15) is 9.59 Å². The molecule has 4 rings (SSSR count). The summed E-state index contributed by atoms with van der Waals surface area (Å²) < 4.78 is 12.7. The maximum absolute atomic E-state index is 13.9. The van der Waals surface area contributed by atoms with E-state index in [1.165, 1.54) is 0 Å². The maximum atomic E-state index is 13.9. The normalized spacial score (nSPS) is 11.9. The number of hydrogen-bond acceptors (Lipinski definition) is 5. The molecule has 0 aliphatic heterocycles. The third-order valence-corrected chi connectivity index (χ3v) is 6.14. The molecule has 7 heteroatoms. The zero-order chi connectivity index (χ0) is 25.7. The number of hydrogen-bond donors (Lipinski definition) is 0. The van der Waals surface area contributed by atoms with E-state index in [0.29, 0.717) is 53.5 Å². The number of rotatable bonds is 9. The van der Waals surface area contributed by atoms with Crippen LogP contribution in [0.15, 0.2) is 77.6 Å². The van der Waals surface area contributed by atoms with Gasteiger partial charge in [0.1, 0.15) is 11.6 Å². The predicted molar refractivity (Wildman–Crippen MR) is 141 cm³/mol. The van der Waals surface area contributed by atoms with Gasteiger partial charge in [-0.05, 0) is 57.2 Å². The lowest BCUT2D eigenvalue weighted by atomic mass is 10.1. The number of amides is 1. The summed E-state index contributed by atoms with van der Waals surface area (Å²) in [6.45, 7) is 6.89. The predicted octanol–water partition coefficient (Wildman–Crippen LogP) is 4.94. The second-order valence-corrected chi connectivity index (χ2v) is 8.56. The summed E-state index contributed by atoms with van der Waals surface area (Å²) in [7, 11) is 1.60. The zero-order valence-corrected chi connectivity index (χ0v) is 21.1. The molecule has 36 heavy (non-hydrogen) atoms. The molecule has 0 aliphatic rings. The third-order valence-electron chi connectivity index (χ3n) is 6.14. The Hall–Kier alpha value is -3.97. The van der Waals surface area contributed by atoms with Crippen molar-refractivity contribution in [2.45, 2.75) is 26.8 Å². The monoisotopic (exact) mass is 485 g/mol. The molecule has 0 fully saturated rings. The highest BCUT2D eigenvalue weighted by molar-refractivity contribution is 5.94. The first-order valence-corrected chi connectivity index (χ1v) is 12.1. The average Bonchev–Trinajstić information content (AvgIpc) is 2.90.